The summed E-state index contributed by atoms with van der Waals surface area (Å²) in [5, 5.41) is 21.7. The van der Waals surface area contributed by atoms with Crippen LogP contribution < -0.4 is 5.32 Å². The number of hydrogen-bond acceptors (Lipinski definition) is 5. The molecule has 3 aromatic rings. The maximum Gasteiger partial charge on any atom is 0.306 e. The largest absolute Gasteiger partial charge is 0.308 e. The lowest BCUT2D eigenvalue weighted by atomic mass is 10.2. The second kappa shape index (κ2) is 7.79. The van der Waals surface area contributed by atoms with Crippen LogP contribution in [0.1, 0.15) is 12.0 Å². The third-order valence-electron chi connectivity index (χ3n) is 3.56. The van der Waals surface area contributed by atoms with Crippen molar-refractivity contribution in [2.24, 2.45) is 0 Å². The van der Waals surface area contributed by atoms with Crippen LogP contribution in [-0.2, 0) is 17.9 Å². The third-order valence-corrected chi connectivity index (χ3v) is 3.84. The summed E-state index contributed by atoms with van der Waals surface area (Å²) in [5.74, 6) is -0.0333. The minimum Gasteiger partial charge on any atom is -0.308 e. The van der Waals surface area contributed by atoms with Crippen molar-refractivity contribution in [3.8, 4) is 0 Å². The lowest BCUT2D eigenvalue weighted by Gasteiger charge is -2.03. The van der Waals surface area contributed by atoms with Gasteiger partial charge in [-0.1, -0.05) is 41.9 Å². The maximum absolute atomic E-state index is 12.1. The average Bonchev–Trinajstić information content (AvgIpc) is 3.21. The van der Waals surface area contributed by atoms with E-state index in [1.807, 2.05) is 30.3 Å². The molecule has 1 amide bonds. The number of nitro groups is 1. The molecule has 0 radical (unpaired) electrons. The van der Waals surface area contributed by atoms with Crippen molar-refractivity contribution in [2.75, 3.05) is 5.32 Å². The molecule has 0 aliphatic rings. The van der Waals surface area contributed by atoms with Crippen molar-refractivity contribution < 1.29 is 9.72 Å². The van der Waals surface area contributed by atoms with Gasteiger partial charge in [0.15, 0.2) is 5.82 Å². The Kier molecular flexibility index (Phi) is 5.28. The number of halogens is 1. The standard InChI is InChI=1S/C16H15ClN6O3/c17-14-11-22(9-12-4-2-1-3-5-12)20-16(14)19-15(24)6-7-21-10-13(8-18-21)23(25)26/h1-5,8,10-11H,6-7,9H2,(H,19,20,24). The quantitative estimate of drug-likeness (QED) is 0.505. The third kappa shape index (κ3) is 4.45. The molecule has 0 bridgehead atoms. The molecule has 10 heteroatoms. The fourth-order valence-corrected chi connectivity index (χ4v) is 2.51. The van der Waals surface area contributed by atoms with Crippen molar-refractivity contribution in [3.63, 3.8) is 0 Å². The Morgan fingerprint density at radius 1 is 1.23 bits per heavy atom. The molecule has 0 atom stereocenters. The van der Waals surface area contributed by atoms with Crippen LogP contribution in [-0.4, -0.2) is 30.4 Å². The lowest BCUT2D eigenvalue weighted by molar-refractivity contribution is -0.385. The SMILES string of the molecule is O=C(CCn1cc([N+](=O)[O-])cn1)Nc1nn(Cc2ccccc2)cc1Cl. The summed E-state index contributed by atoms with van der Waals surface area (Å²) < 4.78 is 2.98. The van der Waals surface area contributed by atoms with E-state index in [9.17, 15) is 14.9 Å². The number of aryl methyl sites for hydroxylation is 1. The minimum absolute atomic E-state index is 0.0840. The van der Waals surface area contributed by atoms with Crippen molar-refractivity contribution in [1.82, 2.24) is 19.6 Å². The zero-order chi connectivity index (χ0) is 18.5. The van der Waals surface area contributed by atoms with Crippen molar-refractivity contribution in [3.05, 3.63) is 69.6 Å². The van der Waals surface area contributed by atoms with E-state index in [2.05, 4.69) is 15.5 Å². The summed E-state index contributed by atoms with van der Waals surface area (Å²) in [6.07, 6.45) is 4.14. The average molecular weight is 375 g/mol. The Labute approximate surface area is 153 Å². The fourth-order valence-electron chi connectivity index (χ4n) is 2.31. The molecular weight excluding hydrogens is 360 g/mol. The molecule has 0 aliphatic heterocycles. The first-order chi connectivity index (χ1) is 12.5. The Bertz CT molecular complexity index is 921. The number of amides is 1. The summed E-state index contributed by atoms with van der Waals surface area (Å²) in [5.41, 5.74) is 0.943. The Morgan fingerprint density at radius 2 is 2.00 bits per heavy atom. The molecule has 26 heavy (non-hydrogen) atoms. The van der Waals surface area contributed by atoms with Gasteiger partial charge in [0.05, 0.1) is 11.5 Å². The van der Waals surface area contributed by atoms with E-state index in [1.54, 1.807) is 10.9 Å². The van der Waals surface area contributed by atoms with Crippen molar-refractivity contribution >= 4 is 29.0 Å². The van der Waals surface area contributed by atoms with Crippen LogP contribution in [0.3, 0.4) is 0 Å². The number of hydrogen-bond donors (Lipinski definition) is 1. The zero-order valence-electron chi connectivity index (χ0n) is 13.6. The highest BCUT2D eigenvalue weighted by molar-refractivity contribution is 6.33. The van der Waals surface area contributed by atoms with Gasteiger partial charge >= 0.3 is 5.69 Å². The molecule has 3 rings (SSSR count). The highest BCUT2D eigenvalue weighted by Crippen LogP contribution is 2.20. The number of carbonyl (C=O) groups is 1. The molecule has 134 valence electrons. The minimum atomic E-state index is -0.539. The first-order valence-corrected chi connectivity index (χ1v) is 8.12. The molecule has 9 nitrogen and oxygen atoms in total. The Balaban J connectivity index is 1.56. The van der Waals surface area contributed by atoms with E-state index >= 15 is 0 Å². The van der Waals surface area contributed by atoms with Crippen LogP contribution in [0.25, 0.3) is 0 Å². The van der Waals surface area contributed by atoms with Crippen LogP contribution in [0.2, 0.25) is 5.02 Å². The molecule has 0 fully saturated rings. The molecule has 0 saturated heterocycles. The summed E-state index contributed by atoms with van der Waals surface area (Å²) in [6, 6.07) is 9.74. The van der Waals surface area contributed by atoms with E-state index in [-0.39, 0.29) is 30.4 Å². The van der Waals surface area contributed by atoms with Crippen LogP contribution in [0.4, 0.5) is 11.5 Å². The molecule has 0 unspecified atom stereocenters. The summed E-state index contributed by atoms with van der Waals surface area (Å²) in [7, 11) is 0. The molecule has 0 saturated carbocycles. The predicted octanol–water partition coefficient (Wildman–Crippen LogP) is 2.72. The van der Waals surface area contributed by atoms with E-state index in [1.165, 1.54) is 10.9 Å². The molecular formula is C16H15ClN6O3. The molecule has 2 heterocycles. The lowest BCUT2D eigenvalue weighted by Crippen LogP contribution is -2.15. The summed E-state index contributed by atoms with van der Waals surface area (Å²) in [4.78, 5) is 22.1. The highest BCUT2D eigenvalue weighted by atomic mass is 35.5. The van der Waals surface area contributed by atoms with Gasteiger partial charge in [0.1, 0.15) is 17.4 Å². The normalized spacial score (nSPS) is 10.7. The highest BCUT2D eigenvalue weighted by Gasteiger charge is 2.13. The smallest absolute Gasteiger partial charge is 0.306 e. The van der Waals surface area contributed by atoms with E-state index in [4.69, 9.17) is 11.6 Å². The number of benzene rings is 1. The molecule has 1 aromatic carbocycles. The Hall–Kier alpha value is -3.20. The molecule has 0 spiro atoms. The van der Waals surface area contributed by atoms with Crippen LogP contribution in [0, 0.1) is 10.1 Å². The summed E-state index contributed by atoms with van der Waals surface area (Å²) >= 11 is 6.12. The number of carbonyl (C=O) groups excluding carboxylic acids is 1. The zero-order valence-corrected chi connectivity index (χ0v) is 14.3. The number of nitrogens with zero attached hydrogens (tertiary/aromatic N) is 5. The van der Waals surface area contributed by atoms with Crippen molar-refractivity contribution in [1.29, 1.82) is 0 Å². The maximum atomic E-state index is 12.1. The van der Waals surface area contributed by atoms with Gasteiger partial charge in [-0.25, -0.2) is 0 Å². The topological polar surface area (TPSA) is 108 Å². The first-order valence-electron chi connectivity index (χ1n) is 7.75. The molecule has 0 aliphatic carbocycles. The second-order valence-corrected chi connectivity index (χ2v) is 5.93. The van der Waals surface area contributed by atoms with E-state index in [0.29, 0.717) is 11.6 Å². The summed E-state index contributed by atoms with van der Waals surface area (Å²) in [6.45, 7) is 0.745. The molecule has 1 N–H and O–H groups in total. The van der Waals surface area contributed by atoms with Crippen molar-refractivity contribution in [2.45, 2.75) is 19.5 Å². The number of nitrogens with one attached hydrogen (secondary N) is 1. The van der Waals surface area contributed by atoms with Gasteiger partial charge in [0.25, 0.3) is 0 Å². The number of aromatic nitrogens is 4. The van der Waals surface area contributed by atoms with Gasteiger partial charge in [-0.15, -0.1) is 0 Å². The van der Waals surface area contributed by atoms with Gasteiger partial charge in [-0.05, 0) is 5.56 Å². The number of rotatable bonds is 7. The molecule has 2 aromatic heterocycles. The van der Waals surface area contributed by atoms with Gasteiger partial charge in [0, 0.05) is 19.2 Å². The van der Waals surface area contributed by atoms with E-state index < -0.39 is 4.92 Å². The fraction of sp³-hybridized carbons (Fsp3) is 0.188. The Morgan fingerprint density at radius 3 is 2.69 bits per heavy atom. The first kappa shape index (κ1) is 17.6. The van der Waals surface area contributed by atoms with Gasteiger partial charge in [0.2, 0.25) is 5.91 Å². The van der Waals surface area contributed by atoms with E-state index in [0.717, 1.165) is 11.8 Å². The predicted molar refractivity (Wildman–Crippen MR) is 94.9 cm³/mol. The van der Waals surface area contributed by atoms with Gasteiger partial charge in [-0.3, -0.25) is 24.3 Å². The van der Waals surface area contributed by atoms with Crippen LogP contribution in [0.5, 0.6) is 0 Å². The van der Waals surface area contributed by atoms with Crippen LogP contribution in [0.15, 0.2) is 48.9 Å². The number of anilines is 1. The monoisotopic (exact) mass is 374 g/mol. The van der Waals surface area contributed by atoms with Crippen LogP contribution >= 0.6 is 11.6 Å². The van der Waals surface area contributed by atoms with Gasteiger partial charge < -0.3 is 5.32 Å². The second-order valence-electron chi connectivity index (χ2n) is 5.53. The van der Waals surface area contributed by atoms with Gasteiger partial charge in [-0.2, -0.15) is 10.2 Å².